The van der Waals surface area contributed by atoms with Crippen LogP contribution in [0.15, 0.2) is 47.4 Å². The summed E-state index contributed by atoms with van der Waals surface area (Å²) in [5.41, 5.74) is 0.910. The Morgan fingerprint density at radius 3 is 2.37 bits per heavy atom. The third-order valence-corrected chi connectivity index (χ3v) is 7.30. The Bertz CT molecular complexity index is 1060. The number of benzene rings is 2. The van der Waals surface area contributed by atoms with Gasteiger partial charge in [-0.1, -0.05) is 23.7 Å². The number of hydrogen-bond donors (Lipinski definition) is 1. The van der Waals surface area contributed by atoms with Crippen molar-refractivity contribution in [3.8, 4) is 0 Å². The molecule has 1 saturated heterocycles. The summed E-state index contributed by atoms with van der Waals surface area (Å²) in [7, 11) is -1.03. The zero-order valence-corrected chi connectivity index (χ0v) is 18.5. The molecule has 1 aliphatic rings. The number of piperidine rings is 1. The van der Waals surface area contributed by atoms with E-state index in [1.165, 1.54) is 32.3 Å². The second-order valence-corrected chi connectivity index (χ2v) is 9.81. The van der Waals surface area contributed by atoms with Crippen LogP contribution in [-0.4, -0.2) is 56.6 Å². The summed E-state index contributed by atoms with van der Waals surface area (Å²) < 4.78 is 26.0. The topological polar surface area (TPSA) is 86.8 Å². The summed E-state index contributed by atoms with van der Waals surface area (Å²) in [5, 5.41) is 2.76. The van der Waals surface area contributed by atoms with Crippen molar-refractivity contribution < 1.29 is 18.0 Å². The molecule has 0 aliphatic carbocycles. The first-order valence-corrected chi connectivity index (χ1v) is 11.5. The summed E-state index contributed by atoms with van der Waals surface area (Å²) in [6, 6.07) is 10.9. The first kappa shape index (κ1) is 22.3. The number of carbonyl (C=O) groups is 2. The van der Waals surface area contributed by atoms with Crippen molar-refractivity contribution in [1.29, 1.82) is 0 Å². The lowest BCUT2D eigenvalue weighted by atomic mass is 10.1. The van der Waals surface area contributed by atoms with Crippen LogP contribution < -0.4 is 5.32 Å². The molecule has 1 heterocycles. The fraction of sp³-hybridized carbons (Fsp3) is 0.333. The van der Waals surface area contributed by atoms with Crippen LogP contribution in [-0.2, 0) is 10.0 Å². The molecule has 2 aromatic rings. The minimum absolute atomic E-state index is 0.0286. The Hall–Kier alpha value is -2.42. The summed E-state index contributed by atoms with van der Waals surface area (Å²) in [6.45, 7) is 1.40. The number of likely N-dealkylation sites (tertiary alicyclic amines) is 1. The van der Waals surface area contributed by atoms with Gasteiger partial charge in [-0.25, -0.2) is 12.7 Å². The van der Waals surface area contributed by atoms with Crippen molar-refractivity contribution in [3.63, 3.8) is 0 Å². The second kappa shape index (κ2) is 9.16. The highest BCUT2D eigenvalue weighted by molar-refractivity contribution is 7.89. The lowest BCUT2D eigenvalue weighted by Gasteiger charge is -2.27. The molecule has 0 aromatic heterocycles. The molecular formula is C21H24ClN3O4S. The summed E-state index contributed by atoms with van der Waals surface area (Å²) in [6.07, 6.45) is 3.04. The Balaban J connectivity index is 1.88. The van der Waals surface area contributed by atoms with E-state index in [9.17, 15) is 18.0 Å². The van der Waals surface area contributed by atoms with Gasteiger partial charge in [0, 0.05) is 32.7 Å². The van der Waals surface area contributed by atoms with E-state index in [4.69, 9.17) is 11.6 Å². The van der Waals surface area contributed by atoms with Crippen LogP contribution in [0.25, 0.3) is 0 Å². The highest BCUT2D eigenvalue weighted by Gasteiger charge is 2.24. The van der Waals surface area contributed by atoms with Crippen LogP contribution in [0.1, 0.15) is 40.0 Å². The molecule has 2 aromatic carbocycles. The van der Waals surface area contributed by atoms with Crippen LogP contribution in [0.5, 0.6) is 0 Å². The van der Waals surface area contributed by atoms with Gasteiger partial charge >= 0.3 is 0 Å². The quantitative estimate of drug-likeness (QED) is 0.757. The summed E-state index contributed by atoms with van der Waals surface area (Å²) >= 11 is 6.05. The predicted octanol–water partition coefficient (Wildman–Crippen LogP) is 3.47. The number of carbonyl (C=O) groups excluding carboxylic acids is 2. The summed E-state index contributed by atoms with van der Waals surface area (Å²) in [4.78, 5) is 27.4. The number of para-hydroxylation sites is 1. The molecule has 160 valence electrons. The van der Waals surface area contributed by atoms with Gasteiger partial charge in [-0.2, -0.15) is 0 Å². The molecule has 30 heavy (non-hydrogen) atoms. The zero-order valence-electron chi connectivity index (χ0n) is 16.9. The lowest BCUT2D eigenvalue weighted by Crippen LogP contribution is -2.36. The van der Waals surface area contributed by atoms with E-state index < -0.39 is 15.9 Å². The van der Waals surface area contributed by atoms with Crippen LogP contribution in [0.3, 0.4) is 0 Å². The van der Waals surface area contributed by atoms with Crippen LogP contribution in [0, 0.1) is 0 Å². The molecule has 7 nitrogen and oxygen atoms in total. The van der Waals surface area contributed by atoms with E-state index in [1.807, 2.05) is 0 Å². The predicted molar refractivity (Wildman–Crippen MR) is 116 cm³/mol. The molecule has 0 saturated carbocycles. The molecule has 0 unspecified atom stereocenters. The van der Waals surface area contributed by atoms with E-state index in [0.717, 1.165) is 23.6 Å². The minimum atomic E-state index is -3.81. The van der Waals surface area contributed by atoms with Crippen LogP contribution in [0.2, 0.25) is 5.02 Å². The maximum absolute atomic E-state index is 12.9. The molecule has 2 amide bonds. The van der Waals surface area contributed by atoms with Crippen molar-refractivity contribution in [3.05, 3.63) is 58.6 Å². The van der Waals surface area contributed by atoms with Gasteiger partial charge in [-0.15, -0.1) is 0 Å². The standard InChI is InChI=1S/C21H24ClN3O4S/c1-24(2)30(28,29)19-14-15(10-11-17(19)22)20(26)23-18-9-5-4-8-16(18)21(27)25-12-6-3-7-13-25/h4-5,8-11,14H,3,6-7,12-13H2,1-2H3,(H,23,26). The highest BCUT2D eigenvalue weighted by atomic mass is 35.5. The van der Waals surface area contributed by atoms with E-state index in [-0.39, 0.29) is 21.4 Å². The van der Waals surface area contributed by atoms with E-state index in [2.05, 4.69) is 5.32 Å². The average molecular weight is 450 g/mol. The maximum Gasteiger partial charge on any atom is 0.255 e. The molecule has 1 aliphatic heterocycles. The van der Waals surface area contributed by atoms with Crippen LogP contribution >= 0.6 is 11.6 Å². The number of rotatable bonds is 5. The number of sulfonamides is 1. The molecule has 0 atom stereocenters. The molecule has 0 spiro atoms. The molecule has 0 bridgehead atoms. The van der Waals surface area contributed by atoms with Crippen molar-refractivity contribution >= 4 is 39.1 Å². The number of nitrogens with zero attached hydrogens (tertiary/aromatic N) is 2. The van der Waals surface area contributed by atoms with Gasteiger partial charge in [-0.05, 0) is 49.6 Å². The second-order valence-electron chi connectivity index (χ2n) is 7.29. The Labute approximate surface area is 181 Å². The first-order chi connectivity index (χ1) is 14.2. The van der Waals surface area contributed by atoms with Gasteiger partial charge < -0.3 is 10.2 Å². The van der Waals surface area contributed by atoms with E-state index >= 15 is 0 Å². The Kier molecular flexibility index (Phi) is 6.80. The SMILES string of the molecule is CN(C)S(=O)(=O)c1cc(C(=O)Nc2ccccc2C(=O)N2CCCCC2)ccc1Cl. The van der Waals surface area contributed by atoms with Gasteiger partial charge in [-0.3, -0.25) is 9.59 Å². The molecular weight excluding hydrogens is 426 g/mol. The third-order valence-electron chi connectivity index (χ3n) is 5.00. The van der Waals surface area contributed by atoms with E-state index in [1.54, 1.807) is 29.2 Å². The van der Waals surface area contributed by atoms with Crippen LogP contribution in [0.4, 0.5) is 5.69 Å². The molecule has 3 rings (SSSR count). The largest absolute Gasteiger partial charge is 0.339 e. The first-order valence-electron chi connectivity index (χ1n) is 9.63. The summed E-state index contributed by atoms with van der Waals surface area (Å²) in [5.74, 6) is -0.654. The number of nitrogens with one attached hydrogen (secondary N) is 1. The van der Waals surface area contributed by atoms with Gasteiger partial charge in [0.05, 0.1) is 16.3 Å². The van der Waals surface area contributed by atoms with Crippen molar-refractivity contribution in [1.82, 2.24) is 9.21 Å². The smallest absolute Gasteiger partial charge is 0.255 e. The molecule has 1 fully saturated rings. The maximum atomic E-state index is 12.9. The normalized spacial score (nSPS) is 14.6. The number of hydrogen-bond acceptors (Lipinski definition) is 4. The number of halogens is 1. The van der Waals surface area contributed by atoms with Gasteiger partial charge in [0.2, 0.25) is 10.0 Å². The van der Waals surface area contributed by atoms with Gasteiger partial charge in [0.1, 0.15) is 4.90 Å². The average Bonchev–Trinajstić information content (AvgIpc) is 2.74. The Morgan fingerprint density at radius 1 is 1.03 bits per heavy atom. The van der Waals surface area contributed by atoms with Crippen molar-refractivity contribution in [2.75, 3.05) is 32.5 Å². The van der Waals surface area contributed by atoms with Gasteiger partial charge in [0.15, 0.2) is 0 Å². The third kappa shape index (κ3) is 4.66. The molecule has 0 radical (unpaired) electrons. The highest BCUT2D eigenvalue weighted by Crippen LogP contribution is 2.26. The Morgan fingerprint density at radius 2 is 1.70 bits per heavy atom. The lowest BCUT2D eigenvalue weighted by molar-refractivity contribution is 0.0725. The van der Waals surface area contributed by atoms with E-state index in [0.29, 0.717) is 24.3 Å². The minimum Gasteiger partial charge on any atom is -0.339 e. The fourth-order valence-electron chi connectivity index (χ4n) is 3.28. The van der Waals surface area contributed by atoms with Crippen molar-refractivity contribution in [2.24, 2.45) is 0 Å². The monoisotopic (exact) mass is 449 g/mol. The van der Waals surface area contributed by atoms with Gasteiger partial charge in [0.25, 0.3) is 11.8 Å². The number of anilines is 1. The van der Waals surface area contributed by atoms with Crippen molar-refractivity contribution in [2.45, 2.75) is 24.2 Å². The fourth-order valence-corrected chi connectivity index (χ4v) is 4.67. The number of amides is 2. The molecule has 1 N–H and O–H groups in total. The molecule has 9 heteroatoms. The zero-order chi connectivity index (χ0) is 21.9.